The van der Waals surface area contributed by atoms with Crippen LogP contribution in [0.3, 0.4) is 0 Å². The molecule has 0 unspecified atom stereocenters. The van der Waals surface area contributed by atoms with Gasteiger partial charge < -0.3 is 9.88 Å². The lowest BCUT2D eigenvalue weighted by atomic mass is 9.95. The first-order valence-electron chi connectivity index (χ1n) is 9.99. The fourth-order valence-corrected chi connectivity index (χ4v) is 4.88. The number of carbonyl (C=O) groups is 1. The number of benzene rings is 2. The van der Waals surface area contributed by atoms with E-state index in [4.69, 9.17) is 0 Å². The Balaban J connectivity index is 1.45. The van der Waals surface area contributed by atoms with Crippen LogP contribution >= 0.6 is 11.8 Å². The number of thioether (sulfide) groups is 1. The number of amides is 1. The lowest BCUT2D eigenvalue weighted by molar-refractivity contribution is -0.115. The van der Waals surface area contributed by atoms with Gasteiger partial charge in [0, 0.05) is 11.7 Å². The minimum absolute atomic E-state index is 0.0175. The van der Waals surface area contributed by atoms with Crippen molar-refractivity contribution in [3.8, 4) is 0 Å². The minimum Gasteiger partial charge on any atom is -0.325 e. The van der Waals surface area contributed by atoms with Crippen LogP contribution in [0, 0.1) is 6.92 Å². The predicted octanol–water partition coefficient (Wildman–Crippen LogP) is 5.36. The number of aromatic nitrogens is 3. The zero-order valence-corrected chi connectivity index (χ0v) is 17.2. The standard InChI is InChI=1S/C22H26N4OS/c1-15(21(27)23-19-13-12-17-8-6-7-9-18(17)14-19)28-22-25-24-16(2)26(22)20-10-4-3-5-11-20/h6-9,12-15,20H,3-5,10-11H2,1-2H3,(H,23,27)/t15-/m0/s1. The zero-order chi connectivity index (χ0) is 19.5. The van der Waals surface area contributed by atoms with E-state index in [1.54, 1.807) is 0 Å². The Hall–Kier alpha value is -2.34. The van der Waals surface area contributed by atoms with Crippen LogP contribution in [0.25, 0.3) is 10.8 Å². The van der Waals surface area contributed by atoms with E-state index in [1.165, 1.54) is 49.3 Å². The molecular weight excluding hydrogens is 368 g/mol. The fraction of sp³-hybridized carbons (Fsp3) is 0.409. The maximum atomic E-state index is 12.8. The van der Waals surface area contributed by atoms with E-state index in [1.807, 2.05) is 44.2 Å². The van der Waals surface area contributed by atoms with Crippen LogP contribution in [-0.2, 0) is 4.79 Å². The lowest BCUT2D eigenvalue weighted by Crippen LogP contribution is -2.23. The maximum absolute atomic E-state index is 12.8. The van der Waals surface area contributed by atoms with E-state index in [0.717, 1.165) is 22.1 Å². The van der Waals surface area contributed by atoms with Gasteiger partial charge in [0.05, 0.1) is 5.25 Å². The SMILES string of the molecule is Cc1nnc(S[C@@H](C)C(=O)Nc2ccc3ccccc3c2)n1C1CCCCC1. The molecule has 1 aliphatic rings. The smallest absolute Gasteiger partial charge is 0.237 e. The molecule has 0 bridgehead atoms. The molecule has 2 aromatic carbocycles. The third-order valence-electron chi connectivity index (χ3n) is 5.44. The first-order valence-corrected chi connectivity index (χ1v) is 10.9. The maximum Gasteiger partial charge on any atom is 0.237 e. The van der Waals surface area contributed by atoms with E-state index in [9.17, 15) is 4.79 Å². The molecule has 6 heteroatoms. The quantitative estimate of drug-likeness (QED) is 0.592. The summed E-state index contributed by atoms with van der Waals surface area (Å²) in [5.74, 6) is 0.924. The van der Waals surface area contributed by atoms with E-state index >= 15 is 0 Å². The number of anilines is 1. The van der Waals surface area contributed by atoms with Crippen LogP contribution < -0.4 is 5.32 Å². The third kappa shape index (κ3) is 4.07. The molecule has 3 aromatic rings. The van der Waals surface area contributed by atoms with Gasteiger partial charge in [-0.3, -0.25) is 4.79 Å². The molecule has 1 atom stereocenters. The molecule has 0 radical (unpaired) electrons. The molecule has 28 heavy (non-hydrogen) atoms. The predicted molar refractivity (Wildman–Crippen MR) is 115 cm³/mol. The second-order valence-electron chi connectivity index (χ2n) is 7.50. The Morgan fingerprint density at radius 3 is 2.64 bits per heavy atom. The van der Waals surface area contributed by atoms with Gasteiger partial charge in [0.15, 0.2) is 5.16 Å². The minimum atomic E-state index is -0.252. The summed E-state index contributed by atoms with van der Waals surface area (Å²) in [6, 6.07) is 14.6. The molecule has 4 rings (SSSR count). The third-order valence-corrected chi connectivity index (χ3v) is 6.50. The molecule has 1 saturated carbocycles. The van der Waals surface area contributed by atoms with Crippen LogP contribution in [0.4, 0.5) is 5.69 Å². The van der Waals surface area contributed by atoms with E-state index in [2.05, 4.69) is 32.2 Å². The summed E-state index contributed by atoms with van der Waals surface area (Å²) in [7, 11) is 0. The van der Waals surface area contributed by atoms with Crippen molar-refractivity contribution in [2.75, 3.05) is 5.32 Å². The Morgan fingerprint density at radius 2 is 1.86 bits per heavy atom. The molecule has 0 saturated heterocycles. The molecule has 146 valence electrons. The molecule has 5 nitrogen and oxygen atoms in total. The number of hydrogen-bond acceptors (Lipinski definition) is 4. The van der Waals surface area contributed by atoms with Crippen molar-refractivity contribution < 1.29 is 4.79 Å². The monoisotopic (exact) mass is 394 g/mol. The van der Waals surface area contributed by atoms with Crippen LogP contribution in [0.5, 0.6) is 0 Å². The van der Waals surface area contributed by atoms with Crippen molar-refractivity contribution >= 4 is 34.1 Å². The molecule has 1 fully saturated rings. The number of carbonyl (C=O) groups excluding carboxylic acids is 1. The molecule has 1 N–H and O–H groups in total. The van der Waals surface area contributed by atoms with E-state index in [-0.39, 0.29) is 11.2 Å². The summed E-state index contributed by atoms with van der Waals surface area (Å²) in [5.41, 5.74) is 0.820. The van der Waals surface area contributed by atoms with Crippen molar-refractivity contribution in [3.63, 3.8) is 0 Å². The summed E-state index contributed by atoms with van der Waals surface area (Å²) < 4.78 is 2.24. The van der Waals surface area contributed by atoms with E-state index in [0.29, 0.717) is 6.04 Å². The summed E-state index contributed by atoms with van der Waals surface area (Å²) in [5, 5.41) is 14.6. The largest absolute Gasteiger partial charge is 0.325 e. The average molecular weight is 395 g/mol. The van der Waals surface area contributed by atoms with Gasteiger partial charge in [0.1, 0.15) is 5.82 Å². The molecule has 0 spiro atoms. The first kappa shape index (κ1) is 19.0. The van der Waals surface area contributed by atoms with Gasteiger partial charge in [-0.1, -0.05) is 61.4 Å². The van der Waals surface area contributed by atoms with E-state index < -0.39 is 0 Å². The first-order chi connectivity index (χ1) is 13.6. The number of nitrogens with one attached hydrogen (secondary N) is 1. The molecular formula is C22H26N4OS. The second-order valence-corrected chi connectivity index (χ2v) is 8.81. The Kier molecular flexibility index (Phi) is 5.67. The zero-order valence-electron chi connectivity index (χ0n) is 16.4. The summed E-state index contributed by atoms with van der Waals surface area (Å²) in [4.78, 5) is 12.8. The highest BCUT2D eigenvalue weighted by molar-refractivity contribution is 8.00. The number of nitrogens with zero attached hydrogens (tertiary/aromatic N) is 3. The Labute approximate surface area is 169 Å². The van der Waals surface area contributed by atoms with Gasteiger partial charge in [-0.05, 0) is 49.6 Å². The number of rotatable bonds is 5. The van der Waals surface area contributed by atoms with Gasteiger partial charge in [0.25, 0.3) is 0 Å². The normalized spacial score (nSPS) is 16.2. The molecule has 1 aliphatic carbocycles. The van der Waals surface area contributed by atoms with Crippen molar-refractivity contribution in [1.29, 1.82) is 0 Å². The molecule has 1 amide bonds. The highest BCUT2D eigenvalue weighted by Gasteiger charge is 2.24. The average Bonchev–Trinajstić information content (AvgIpc) is 3.08. The van der Waals surface area contributed by atoms with Gasteiger partial charge in [-0.2, -0.15) is 0 Å². The highest BCUT2D eigenvalue weighted by atomic mass is 32.2. The molecule has 0 aliphatic heterocycles. The van der Waals surface area contributed by atoms with Crippen molar-refractivity contribution in [3.05, 3.63) is 48.3 Å². The van der Waals surface area contributed by atoms with Crippen LogP contribution in [0.1, 0.15) is 50.9 Å². The Morgan fingerprint density at radius 1 is 1.11 bits per heavy atom. The second kappa shape index (κ2) is 8.35. The van der Waals surface area contributed by atoms with Crippen molar-refractivity contribution in [2.45, 2.75) is 62.4 Å². The van der Waals surface area contributed by atoms with Gasteiger partial charge in [0.2, 0.25) is 5.91 Å². The number of hydrogen-bond donors (Lipinski definition) is 1. The summed E-state index contributed by atoms with van der Waals surface area (Å²) in [6.45, 7) is 3.93. The lowest BCUT2D eigenvalue weighted by Gasteiger charge is -2.25. The van der Waals surface area contributed by atoms with Gasteiger partial charge in [-0.25, -0.2) is 0 Å². The van der Waals surface area contributed by atoms with Crippen molar-refractivity contribution in [2.24, 2.45) is 0 Å². The van der Waals surface area contributed by atoms with Crippen LogP contribution in [0.15, 0.2) is 47.6 Å². The Bertz CT molecular complexity index is 978. The fourth-order valence-electron chi connectivity index (χ4n) is 3.91. The topological polar surface area (TPSA) is 59.8 Å². The summed E-state index contributed by atoms with van der Waals surface area (Å²) >= 11 is 1.49. The van der Waals surface area contributed by atoms with Crippen molar-refractivity contribution in [1.82, 2.24) is 14.8 Å². The molecule has 1 aromatic heterocycles. The van der Waals surface area contributed by atoms with Crippen LogP contribution in [0.2, 0.25) is 0 Å². The van der Waals surface area contributed by atoms with Gasteiger partial charge in [-0.15, -0.1) is 10.2 Å². The van der Waals surface area contributed by atoms with Gasteiger partial charge >= 0.3 is 0 Å². The summed E-state index contributed by atoms with van der Waals surface area (Å²) in [6.07, 6.45) is 6.16. The van der Waals surface area contributed by atoms with Crippen LogP contribution in [-0.4, -0.2) is 25.9 Å². The molecule has 1 heterocycles. The number of aryl methyl sites for hydroxylation is 1. The number of fused-ring (bicyclic) bond motifs is 1. The highest BCUT2D eigenvalue weighted by Crippen LogP contribution is 2.33.